The number of sulfonamides is 1. The van der Waals surface area contributed by atoms with Crippen molar-refractivity contribution in [3.05, 3.63) is 60.0 Å². The van der Waals surface area contributed by atoms with E-state index in [1.165, 1.54) is 34.0 Å². The Morgan fingerprint density at radius 1 is 1.07 bits per heavy atom. The number of thiazole rings is 1. The molecule has 1 N–H and O–H groups in total. The van der Waals surface area contributed by atoms with Gasteiger partial charge in [0.2, 0.25) is 10.0 Å². The molecule has 10 heteroatoms. The average Bonchev–Trinajstić information content (AvgIpc) is 3.42. The van der Waals surface area contributed by atoms with E-state index in [2.05, 4.69) is 19.9 Å². The lowest BCUT2D eigenvalue weighted by Gasteiger charge is -2.33. The van der Waals surface area contributed by atoms with Crippen LogP contribution in [0.25, 0.3) is 22.3 Å². The van der Waals surface area contributed by atoms with E-state index >= 15 is 0 Å². The van der Waals surface area contributed by atoms with Gasteiger partial charge in [-0.15, -0.1) is 11.3 Å². The second kappa shape index (κ2) is 7.46. The summed E-state index contributed by atoms with van der Waals surface area (Å²) < 4.78 is 40.9. The number of benzene rings is 1. The van der Waals surface area contributed by atoms with Crippen LogP contribution < -0.4 is 4.90 Å². The van der Waals surface area contributed by atoms with E-state index in [4.69, 9.17) is 0 Å². The van der Waals surface area contributed by atoms with Crippen molar-refractivity contribution in [2.45, 2.75) is 4.90 Å². The van der Waals surface area contributed by atoms with Gasteiger partial charge < -0.3 is 9.88 Å². The third-order valence-electron chi connectivity index (χ3n) is 5.17. The number of aromatic amines is 1. The standard InChI is InChI=1S/C20H18FN5O2S2/c21-15-5-3-14(4-6-15)17-13-29-20(24-17)25-8-10-26(11-9-25)30(27,28)18-12-23-19-16(18)2-1-7-22-19/h1-7,12-13H,8-11H2,(H,22,23). The molecule has 4 heterocycles. The number of anilines is 1. The number of rotatable bonds is 4. The van der Waals surface area contributed by atoms with Gasteiger partial charge in [0.25, 0.3) is 0 Å². The monoisotopic (exact) mass is 443 g/mol. The van der Waals surface area contributed by atoms with E-state index in [-0.39, 0.29) is 10.7 Å². The van der Waals surface area contributed by atoms with Gasteiger partial charge in [-0.2, -0.15) is 4.31 Å². The molecule has 5 rings (SSSR count). The smallest absolute Gasteiger partial charge is 0.245 e. The molecule has 0 amide bonds. The Labute approximate surface area is 176 Å². The maximum Gasteiger partial charge on any atom is 0.245 e. The number of hydrogen-bond acceptors (Lipinski definition) is 6. The van der Waals surface area contributed by atoms with Crippen molar-refractivity contribution in [1.29, 1.82) is 0 Å². The lowest BCUT2D eigenvalue weighted by Crippen LogP contribution is -2.48. The van der Waals surface area contributed by atoms with Crippen molar-refractivity contribution in [2.75, 3.05) is 31.1 Å². The fourth-order valence-corrected chi connectivity index (χ4v) is 6.03. The fourth-order valence-electron chi connectivity index (χ4n) is 3.57. The van der Waals surface area contributed by atoms with Crippen LogP contribution in [0, 0.1) is 5.82 Å². The Hall–Kier alpha value is -2.82. The van der Waals surface area contributed by atoms with Gasteiger partial charge in [0.05, 0.1) is 5.69 Å². The fraction of sp³-hybridized carbons (Fsp3) is 0.200. The molecule has 0 saturated carbocycles. The van der Waals surface area contributed by atoms with E-state index < -0.39 is 10.0 Å². The van der Waals surface area contributed by atoms with Crippen LogP contribution >= 0.6 is 11.3 Å². The molecular formula is C20H18FN5O2S2. The minimum Gasteiger partial charge on any atom is -0.345 e. The van der Waals surface area contributed by atoms with Crippen molar-refractivity contribution < 1.29 is 12.8 Å². The number of halogens is 1. The lowest BCUT2D eigenvalue weighted by molar-refractivity contribution is 0.385. The lowest BCUT2D eigenvalue weighted by atomic mass is 10.2. The number of aromatic nitrogens is 3. The van der Waals surface area contributed by atoms with Gasteiger partial charge in [-0.05, 0) is 36.4 Å². The molecule has 0 atom stereocenters. The number of pyridine rings is 1. The summed E-state index contributed by atoms with van der Waals surface area (Å²) in [5.41, 5.74) is 2.20. The number of hydrogen-bond donors (Lipinski definition) is 1. The highest BCUT2D eigenvalue weighted by Gasteiger charge is 2.31. The molecule has 1 aromatic carbocycles. The minimum absolute atomic E-state index is 0.256. The Bertz CT molecular complexity index is 1290. The first-order valence-corrected chi connectivity index (χ1v) is 11.7. The Morgan fingerprint density at radius 3 is 2.60 bits per heavy atom. The molecule has 7 nitrogen and oxygen atoms in total. The molecule has 1 aliphatic rings. The molecule has 1 fully saturated rings. The summed E-state index contributed by atoms with van der Waals surface area (Å²) in [6.07, 6.45) is 3.14. The summed E-state index contributed by atoms with van der Waals surface area (Å²) in [6, 6.07) is 9.72. The predicted octanol–water partition coefficient (Wildman–Crippen LogP) is 3.34. The zero-order valence-electron chi connectivity index (χ0n) is 15.8. The number of nitrogens with one attached hydrogen (secondary N) is 1. The van der Waals surface area contributed by atoms with Gasteiger partial charge >= 0.3 is 0 Å². The van der Waals surface area contributed by atoms with E-state index in [0.29, 0.717) is 37.2 Å². The van der Waals surface area contributed by atoms with Crippen molar-refractivity contribution in [2.24, 2.45) is 0 Å². The molecule has 3 aromatic heterocycles. The second-order valence-electron chi connectivity index (χ2n) is 6.97. The van der Waals surface area contributed by atoms with E-state index in [1.807, 2.05) is 5.38 Å². The summed E-state index contributed by atoms with van der Waals surface area (Å²) in [4.78, 5) is 14.1. The van der Waals surface area contributed by atoms with Crippen LogP contribution in [0.15, 0.2) is 59.1 Å². The summed E-state index contributed by atoms with van der Waals surface area (Å²) in [5, 5.41) is 3.37. The SMILES string of the molecule is O=S(=O)(c1c[nH]c2ncccc12)N1CCN(c2nc(-c3ccc(F)cc3)cs2)CC1. The van der Waals surface area contributed by atoms with Crippen molar-refractivity contribution in [1.82, 2.24) is 19.3 Å². The van der Waals surface area contributed by atoms with Crippen LogP contribution in [-0.2, 0) is 10.0 Å². The Morgan fingerprint density at radius 2 is 1.83 bits per heavy atom. The van der Waals surface area contributed by atoms with Gasteiger partial charge in [-0.1, -0.05) is 0 Å². The molecule has 0 bridgehead atoms. The third-order valence-corrected chi connectivity index (χ3v) is 8.01. The van der Waals surface area contributed by atoms with Crippen molar-refractivity contribution >= 4 is 37.5 Å². The maximum absolute atomic E-state index is 13.1. The van der Waals surface area contributed by atoms with Gasteiger partial charge in [0.1, 0.15) is 16.4 Å². The third kappa shape index (κ3) is 3.36. The highest BCUT2D eigenvalue weighted by molar-refractivity contribution is 7.89. The highest BCUT2D eigenvalue weighted by Crippen LogP contribution is 2.30. The quantitative estimate of drug-likeness (QED) is 0.523. The number of H-pyrrole nitrogens is 1. The van der Waals surface area contributed by atoms with E-state index in [1.54, 1.807) is 30.5 Å². The normalized spacial score (nSPS) is 15.7. The summed E-state index contributed by atoms with van der Waals surface area (Å²) in [6.45, 7) is 1.86. The van der Waals surface area contributed by atoms with Crippen LogP contribution in [-0.4, -0.2) is 53.9 Å². The molecule has 1 aliphatic heterocycles. The van der Waals surface area contributed by atoms with Crippen molar-refractivity contribution in [3.63, 3.8) is 0 Å². The van der Waals surface area contributed by atoms with Crippen LogP contribution in [0.4, 0.5) is 9.52 Å². The molecule has 0 unspecified atom stereocenters. The molecule has 154 valence electrons. The van der Waals surface area contributed by atoms with Crippen LogP contribution in [0.5, 0.6) is 0 Å². The summed E-state index contributed by atoms with van der Waals surface area (Å²) in [7, 11) is -3.61. The molecular weight excluding hydrogens is 425 g/mol. The number of nitrogens with zero attached hydrogens (tertiary/aromatic N) is 4. The topological polar surface area (TPSA) is 82.2 Å². The van der Waals surface area contributed by atoms with Gasteiger partial charge in [0.15, 0.2) is 5.13 Å². The largest absolute Gasteiger partial charge is 0.345 e. The van der Waals surface area contributed by atoms with Gasteiger partial charge in [-0.25, -0.2) is 22.8 Å². The second-order valence-corrected chi connectivity index (χ2v) is 9.71. The highest BCUT2D eigenvalue weighted by atomic mass is 32.2. The first-order chi connectivity index (χ1) is 14.5. The summed E-state index contributed by atoms with van der Waals surface area (Å²) in [5.74, 6) is -0.280. The first kappa shape index (κ1) is 19.2. The zero-order valence-corrected chi connectivity index (χ0v) is 17.5. The van der Waals surface area contributed by atoms with Crippen LogP contribution in [0.3, 0.4) is 0 Å². The average molecular weight is 444 g/mol. The number of piperazine rings is 1. The molecule has 0 aliphatic carbocycles. The first-order valence-electron chi connectivity index (χ1n) is 9.41. The summed E-state index contributed by atoms with van der Waals surface area (Å²) >= 11 is 1.50. The van der Waals surface area contributed by atoms with Gasteiger partial charge in [0, 0.05) is 54.9 Å². The van der Waals surface area contributed by atoms with Crippen LogP contribution in [0.1, 0.15) is 0 Å². The van der Waals surface area contributed by atoms with Crippen molar-refractivity contribution in [3.8, 4) is 11.3 Å². The number of fused-ring (bicyclic) bond motifs is 1. The van der Waals surface area contributed by atoms with E-state index in [0.717, 1.165) is 16.4 Å². The maximum atomic E-state index is 13.1. The Kier molecular flexibility index (Phi) is 4.76. The molecule has 0 spiro atoms. The Balaban J connectivity index is 1.31. The van der Waals surface area contributed by atoms with E-state index in [9.17, 15) is 12.8 Å². The molecule has 4 aromatic rings. The van der Waals surface area contributed by atoms with Crippen LogP contribution in [0.2, 0.25) is 0 Å². The van der Waals surface area contributed by atoms with Gasteiger partial charge in [-0.3, -0.25) is 0 Å². The zero-order chi connectivity index (χ0) is 20.7. The molecule has 0 radical (unpaired) electrons. The molecule has 1 saturated heterocycles. The molecule has 30 heavy (non-hydrogen) atoms. The minimum atomic E-state index is -3.61. The predicted molar refractivity (Wildman–Crippen MR) is 115 cm³/mol.